The molecule has 0 spiro atoms. The van der Waals surface area contributed by atoms with E-state index in [9.17, 15) is 8.42 Å². The molecule has 5 nitrogen and oxygen atoms in total. The van der Waals surface area contributed by atoms with Gasteiger partial charge in [-0.15, -0.1) is 11.3 Å². The van der Waals surface area contributed by atoms with Crippen molar-refractivity contribution in [3.63, 3.8) is 0 Å². The van der Waals surface area contributed by atoms with Gasteiger partial charge in [-0.05, 0) is 18.1 Å². The molecule has 8 heteroatoms. The van der Waals surface area contributed by atoms with Gasteiger partial charge >= 0.3 is 0 Å². The second-order valence-corrected chi connectivity index (χ2v) is 7.41. The Morgan fingerprint density at radius 2 is 2.28 bits per heavy atom. The smallest absolute Gasteiger partial charge is 0.250 e. The fourth-order valence-electron chi connectivity index (χ4n) is 1.26. The molecule has 1 aromatic heterocycles. The minimum absolute atomic E-state index is 0.111. The highest BCUT2D eigenvalue weighted by molar-refractivity contribution is 7.91. The van der Waals surface area contributed by atoms with Crippen LogP contribution in [0.1, 0.15) is 11.8 Å². The van der Waals surface area contributed by atoms with E-state index >= 15 is 0 Å². The van der Waals surface area contributed by atoms with Crippen molar-refractivity contribution in [2.24, 2.45) is 11.7 Å². The molecule has 0 aromatic carbocycles. The first-order valence-corrected chi connectivity index (χ1v) is 7.96. The lowest BCUT2D eigenvalue weighted by atomic mass is 10.2. The van der Waals surface area contributed by atoms with Crippen LogP contribution in [0.15, 0.2) is 16.3 Å². The van der Waals surface area contributed by atoms with Crippen molar-refractivity contribution in [1.82, 2.24) is 4.72 Å². The van der Waals surface area contributed by atoms with Gasteiger partial charge in [-0.1, -0.05) is 19.1 Å². The number of thiophene rings is 1. The zero-order valence-electron chi connectivity index (χ0n) is 10.2. The van der Waals surface area contributed by atoms with Crippen LogP contribution in [0, 0.1) is 5.92 Å². The lowest BCUT2D eigenvalue weighted by Gasteiger charge is -2.10. The van der Waals surface area contributed by atoms with E-state index in [0.29, 0.717) is 18.0 Å². The van der Waals surface area contributed by atoms with E-state index in [2.05, 4.69) is 4.72 Å². The summed E-state index contributed by atoms with van der Waals surface area (Å²) in [5.74, 6) is 0.111. The molecule has 0 aliphatic carbocycles. The maximum absolute atomic E-state index is 12.0. The van der Waals surface area contributed by atoms with Crippen molar-refractivity contribution in [1.29, 1.82) is 0 Å². The number of rotatable bonds is 7. The second kappa shape index (κ2) is 6.58. The molecule has 18 heavy (non-hydrogen) atoms. The zero-order valence-corrected chi connectivity index (χ0v) is 12.6. The van der Waals surface area contributed by atoms with Crippen LogP contribution in [-0.2, 0) is 14.8 Å². The molecule has 0 aliphatic rings. The van der Waals surface area contributed by atoms with Gasteiger partial charge in [0.15, 0.2) is 0 Å². The summed E-state index contributed by atoms with van der Waals surface area (Å²) in [5, 5.41) is 0. The Morgan fingerprint density at radius 1 is 1.61 bits per heavy atom. The van der Waals surface area contributed by atoms with Gasteiger partial charge in [0.05, 0.1) is 4.88 Å². The number of nitrogens with one attached hydrogen (secondary N) is 1. The fourth-order valence-corrected chi connectivity index (χ4v) is 3.82. The predicted molar refractivity (Wildman–Crippen MR) is 76.4 cm³/mol. The van der Waals surface area contributed by atoms with E-state index in [1.165, 1.54) is 6.07 Å². The van der Waals surface area contributed by atoms with Crippen molar-refractivity contribution < 1.29 is 13.2 Å². The van der Waals surface area contributed by atoms with Gasteiger partial charge in [0.25, 0.3) is 0 Å². The SMILES string of the molecule is COCC(C)CNS(=O)(=O)c1ccc(C(N)=S)s1. The van der Waals surface area contributed by atoms with Gasteiger partial charge in [-0.3, -0.25) is 0 Å². The Bertz CT molecular complexity index is 510. The van der Waals surface area contributed by atoms with Crippen molar-refractivity contribution in [3.05, 3.63) is 17.0 Å². The number of sulfonamides is 1. The lowest BCUT2D eigenvalue weighted by molar-refractivity contribution is 0.161. The molecule has 0 aliphatic heterocycles. The molecular weight excluding hydrogens is 292 g/mol. The molecule has 0 radical (unpaired) electrons. The summed E-state index contributed by atoms with van der Waals surface area (Å²) in [5.41, 5.74) is 5.44. The minimum Gasteiger partial charge on any atom is -0.389 e. The van der Waals surface area contributed by atoms with Gasteiger partial charge in [0.2, 0.25) is 10.0 Å². The molecule has 0 saturated carbocycles. The third-order valence-electron chi connectivity index (χ3n) is 2.16. The maximum atomic E-state index is 12.0. The third-order valence-corrected chi connectivity index (χ3v) is 5.55. The van der Waals surface area contributed by atoms with Crippen LogP contribution in [0.25, 0.3) is 0 Å². The Morgan fingerprint density at radius 3 is 2.78 bits per heavy atom. The predicted octanol–water partition coefficient (Wildman–Crippen LogP) is 0.943. The molecule has 1 unspecified atom stereocenters. The molecule has 1 atom stereocenters. The van der Waals surface area contributed by atoms with E-state index in [4.69, 9.17) is 22.7 Å². The molecule has 1 aromatic rings. The third kappa shape index (κ3) is 4.29. The molecule has 1 heterocycles. The number of thiocarbonyl (C=S) groups is 1. The molecule has 0 bridgehead atoms. The van der Waals surface area contributed by atoms with Crippen molar-refractivity contribution in [2.75, 3.05) is 20.3 Å². The van der Waals surface area contributed by atoms with Gasteiger partial charge in [-0.25, -0.2) is 13.1 Å². The standard InChI is InChI=1S/C10H16N2O3S3/c1-7(6-15-2)5-12-18(13,14)9-4-3-8(17-9)10(11)16/h3-4,7,12H,5-6H2,1-2H3,(H2,11,16). The molecule has 0 fully saturated rings. The topological polar surface area (TPSA) is 81.4 Å². The number of hydrogen-bond acceptors (Lipinski definition) is 5. The van der Waals surface area contributed by atoms with Crippen LogP contribution in [0.2, 0.25) is 0 Å². The Hall–Kier alpha value is -0.540. The monoisotopic (exact) mass is 308 g/mol. The van der Waals surface area contributed by atoms with E-state index in [-0.39, 0.29) is 15.1 Å². The van der Waals surface area contributed by atoms with Gasteiger partial charge in [0, 0.05) is 20.3 Å². The van der Waals surface area contributed by atoms with Crippen LogP contribution in [0.5, 0.6) is 0 Å². The molecule has 3 N–H and O–H groups in total. The van der Waals surface area contributed by atoms with Crippen LogP contribution >= 0.6 is 23.6 Å². The average Bonchev–Trinajstić information content (AvgIpc) is 2.77. The maximum Gasteiger partial charge on any atom is 0.250 e. The Kier molecular flexibility index (Phi) is 5.67. The van der Waals surface area contributed by atoms with Crippen LogP contribution in [0.3, 0.4) is 0 Å². The fraction of sp³-hybridized carbons (Fsp3) is 0.500. The molecule has 1 rings (SSSR count). The first kappa shape index (κ1) is 15.5. The van der Waals surface area contributed by atoms with Crippen LogP contribution in [0.4, 0.5) is 0 Å². The van der Waals surface area contributed by atoms with Gasteiger partial charge in [0.1, 0.15) is 9.20 Å². The summed E-state index contributed by atoms with van der Waals surface area (Å²) in [4.78, 5) is 0.796. The average molecular weight is 308 g/mol. The zero-order chi connectivity index (χ0) is 13.8. The van der Waals surface area contributed by atoms with Gasteiger partial charge < -0.3 is 10.5 Å². The first-order chi connectivity index (χ1) is 8.36. The number of nitrogens with two attached hydrogens (primary N) is 1. The van der Waals surface area contributed by atoms with E-state index < -0.39 is 10.0 Å². The minimum atomic E-state index is -3.49. The highest BCUT2D eigenvalue weighted by Crippen LogP contribution is 2.21. The Balaban J connectivity index is 2.71. The molecular formula is C10H16N2O3S3. The number of hydrogen-bond donors (Lipinski definition) is 2. The van der Waals surface area contributed by atoms with Crippen LogP contribution < -0.4 is 10.5 Å². The Labute approximate surface area is 116 Å². The van der Waals surface area contributed by atoms with E-state index in [0.717, 1.165) is 11.3 Å². The van der Waals surface area contributed by atoms with E-state index in [1.807, 2.05) is 6.92 Å². The summed E-state index contributed by atoms with van der Waals surface area (Å²) in [6.45, 7) is 2.74. The van der Waals surface area contributed by atoms with Crippen LogP contribution in [-0.4, -0.2) is 33.7 Å². The summed E-state index contributed by atoms with van der Waals surface area (Å²) in [6.07, 6.45) is 0. The lowest BCUT2D eigenvalue weighted by Crippen LogP contribution is -2.29. The second-order valence-electron chi connectivity index (χ2n) is 3.90. The molecule has 0 saturated heterocycles. The summed E-state index contributed by atoms with van der Waals surface area (Å²) in [7, 11) is -1.91. The van der Waals surface area contributed by atoms with Gasteiger partial charge in [-0.2, -0.15) is 0 Å². The summed E-state index contributed by atoms with van der Waals surface area (Å²) < 4.78 is 31.6. The van der Waals surface area contributed by atoms with Crippen molar-refractivity contribution >= 4 is 38.6 Å². The van der Waals surface area contributed by atoms with E-state index in [1.54, 1.807) is 13.2 Å². The highest BCUT2D eigenvalue weighted by atomic mass is 32.2. The van der Waals surface area contributed by atoms with Crippen molar-refractivity contribution in [2.45, 2.75) is 11.1 Å². The quantitative estimate of drug-likeness (QED) is 0.733. The highest BCUT2D eigenvalue weighted by Gasteiger charge is 2.18. The number of methoxy groups -OCH3 is 1. The van der Waals surface area contributed by atoms with Crippen molar-refractivity contribution in [3.8, 4) is 0 Å². The molecule has 102 valence electrons. The molecule has 0 amide bonds. The normalized spacial score (nSPS) is 13.4. The summed E-state index contributed by atoms with van der Waals surface area (Å²) >= 11 is 5.86. The first-order valence-electron chi connectivity index (χ1n) is 5.25. The summed E-state index contributed by atoms with van der Waals surface area (Å²) in [6, 6.07) is 3.11. The number of ether oxygens (including phenoxy) is 1. The largest absolute Gasteiger partial charge is 0.389 e.